The average molecular weight is 370 g/mol. The number of hydrogen-bond acceptors (Lipinski definition) is 5. The zero-order chi connectivity index (χ0) is 20.0. The van der Waals surface area contributed by atoms with Crippen molar-refractivity contribution in [3.05, 3.63) is 58.7 Å². The summed E-state index contributed by atoms with van der Waals surface area (Å²) in [5.74, 6) is -0.991. The number of anilines is 2. The number of aryl methyl sites for hydroxylation is 3. The number of para-hydroxylation sites is 1. The van der Waals surface area contributed by atoms with Gasteiger partial charge in [-0.05, 0) is 51.0 Å². The quantitative estimate of drug-likeness (QED) is 0.652. The molecule has 0 aromatic heterocycles. The summed E-state index contributed by atoms with van der Waals surface area (Å²) in [6.45, 7) is 7.64. The van der Waals surface area contributed by atoms with Crippen LogP contribution in [-0.2, 0) is 9.53 Å². The fraction of sp³-hybridized carbons (Fsp3) is 0.333. The van der Waals surface area contributed by atoms with Gasteiger partial charge in [0.05, 0.1) is 12.2 Å². The molecule has 2 aromatic carbocycles. The topological polar surface area (TPSA) is 87.7 Å². The molecule has 6 heteroatoms. The highest BCUT2D eigenvalue weighted by Gasteiger charge is 2.21. The molecule has 0 fully saturated rings. The smallest absolute Gasteiger partial charge is 0.341 e. The van der Waals surface area contributed by atoms with Crippen molar-refractivity contribution < 1.29 is 19.4 Å². The molecule has 0 bridgehead atoms. The molecule has 144 valence electrons. The third kappa shape index (κ3) is 5.31. The molecule has 0 radical (unpaired) electrons. The van der Waals surface area contributed by atoms with Gasteiger partial charge in [-0.3, -0.25) is 4.79 Å². The van der Waals surface area contributed by atoms with E-state index in [1.54, 1.807) is 24.3 Å². The summed E-state index contributed by atoms with van der Waals surface area (Å²) in [5.41, 5.74) is 4.63. The number of hydrogen-bond donors (Lipinski definition) is 3. The molecular formula is C21H26N2O4. The minimum Gasteiger partial charge on any atom is -0.449 e. The van der Waals surface area contributed by atoms with Gasteiger partial charge in [0.1, 0.15) is 0 Å². The lowest BCUT2D eigenvalue weighted by molar-refractivity contribution is -0.123. The first-order valence-electron chi connectivity index (χ1n) is 8.87. The number of rotatable bonds is 7. The van der Waals surface area contributed by atoms with Crippen LogP contribution in [0.1, 0.15) is 34.0 Å². The fourth-order valence-electron chi connectivity index (χ4n) is 2.89. The van der Waals surface area contributed by atoms with Crippen LogP contribution in [0.4, 0.5) is 11.4 Å². The standard InChI is InChI=1S/C21H26N2O4/c1-13-11-14(2)19(15(3)12-13)23-20(25)16(4)27-21(26)17-7-5-6-8-18(17)22-9-10-24/h5-8,11-12,16,22,24H,9-10H2,1-4H3,(H,23,25)/t16-/m1/s1. The van der Waals surface area contributed by atoms with Gasteiger partial charge >= 0.3 is 5.97 Å². The zero-order valence-corrected chi connectivity index (χ0v) is 16.1. The largest absolute Gasteiger partial charge is 0.449 e. The van der Waals surface area contributed by atoms with Crippen LogP contribution in [0.25, 0.3) is 0 Å². The summed E-state index contributed by atoms with van der Waals surface area (Å²) in [7, 11) is 0. The van der Waals surface area contributed by atoms with E-state index in [0.29, 0.717) is 17.8 Å². The molecule has 1 amide bonds. The lowest BCUT2D eigenvalue weighted by Gasteiger charge is -2.18. The second-order valence-electron chi connectivity index (χ2n) is 6.51. The lowest BCUT2D eigenvalue weighted by atomic mass is 10.0. The third-order valence-electron chi connectivity index (χ3n) is 4.15. The van der Waals surface area contributed by atoms with Crippen LogP contribution in [0.15, 0.2) is 36.4 Å². The van der Waals surface area contributed by atoms with Gasteiger partial charge in [0.25, 0.3) is 5.91 Å². The molecule has 2 aromatic rings. The van der Waals surface area contributed by atoms with Gasteiger partial charge in [-0.15, -0.1) is 0 Å². The van der Waals surface area contributed by atoms with Gasteiger partial charge in [0.2, 0.25) is 0 Å². The van der Waals surface area contributed by atoms with E-state index in [-0.39, 0.29) is 12.5 Å². The van der Waals surface area contributed by atoms with Gasteiger partial charge in [-0.25, -0.2) is 4.79 Å². The van der Waals surface area contributed by atoms with E-state index < -0.39 is 12.1 Å². The fourth-order valence-corrected chi connectivity index (χ4v) is 2.89. The number of aliphatic hydroxyl groups is 1. The molecule has 0 unspecified atom stereocenters. The van der Waals surface area contributed by atoms with Crippen molar-refractivity contribution in [3.63, 3.8) is 0 Å². The van der Waals surface area contributed by atoms with E-state index in [2.05, 4.69) is 10.6 Å². The number of benzene rings is 2. The van der Waals surface area contributed by atoms with E-state index in [9.17, 15) is 9.59 Å². The zero-order valence-electron chi connectivity index (χ0n) is 16.1. The Bertz CT molecular complexity index is 810. The molecule has 1 atom stereocenters. The van der Waals surface area contributed by atoms with Crippen molar-refractivity contribution in [3.8, 4) is 0 Å². The van der Waals surface area contributed by atoms with Crippen LogP contribution < -0.4 is 10.6 Å². The maximum atomic E-state index is 12.5. The number of carbonyl (C=O) groups excluding carboxylic acids is 2. The summed E-state index contributed by atoms with van der Waals surface area (Å²) >= 11 is 0. The number of aliphatic hydroxyl groups excluding tert-OH is 1. The molecule has 0 spiro atoms. The van der Waals surface area contributed by atoms with Gasteiger partial charge < -0.3 is 20.5 Å². The van der Waals surface area contributed by atoms with E-state index in [0.717, 1.165) is 22.4 Å². The van der Waals surface area contributed by atoms with Gasteiger partial charge in [-0.1, -0.05) is 29.8 Å². The Morgan fingerprint density at radius 3 is 2.37 bits per heavy atom. The number of ether oxygens (including phenoxy) is 1. The van der Waals surface area contributed by atoms with E-state index in [1.807, 2.05) is 32.9 Å². The second kappa shape index (κ2) is 9.19. The van der Waals surface area contributed by atoms with Crippen molar-refractivity contribution in [2.45, 2.75) is 33.8 Å². The molecule has 0 aliphatic rings. The monoisotopic (exact) mass is 370 g/mol. The SMILES string of the molecule is Cc1cc(C)c(NC(=O)[C@@H](C)OC(=O)c2ccccc2NCCO)c(C)c1. The predicted molar refractivity (Wildman–Crippen MR) is 106 cm³/mol. The molecule has 3 N–H and O–H groups in total. The molecule has 6 nitrogen and oxygen atoms in total. The van der Waals surface area contributed by atoms with Crippen molar-refractivity contribution in [1.29, 1.82) is 0 Å². The first-order chi connectivity index (χ1) is 12.8. The van der Waals surface area contributed by atoms with Crippen molar-refractivity contribution in [1.82, 2.24) is 0 Å². The highest BCUT2D eigenvalue weighted by Crippen LogP contribution is 2.22. The van der Waals surface area contributed by atoms with Crippen LogP contribution >= 0.6 is 0 Å². The number of nitrogens with one attached hydrogen (secondary N) is 2. The summed E-state index contributed by atoms with van der Waals surface area (Å²) in [5, 5.41) is 14.7. The first-order valence-corrected chi connectivity index (χ1v) is 8.87. The van der Waals surface area contributed by atoms with Gasteiger partial charge in [0.15, 0.2) is 6.10 Å². The molecule has 2 rings (SSSR count). The molecule has 0 saturated heterocycles. The predicted octanol–water partition coefficient (Wildman–Crippen LogP) is 3.20. The second-order valence-corrected chi connectivity index (χ2v) is 6.51. The molecule has 27 heavy (non-hydrogen) atoms. The summed E-state index contributed by atoms with van der Waals surface area (Å²) in [4.78, 5) is 25.0. The summed E-state index contributed by atoms with van der Waals surface area (Å²) < 4.78 is 5.34. The van der Waals surface area contributed by atoms with Crippen molar-refractivity contribution in [2.75, 3.05) is 23.8 Å². The molecule has 0 saturated carbocycles. The normalized spacial score (nSPS) is 11.6. The van der Waals surface area contributed by atoms with Gasteiger partial charge in [0, 0.05) is 17.9 Å². The maximum absolute atomic E-state index is 12.5. The Morgan fingerprint density at radius 1 is 1.11 bits per heavy atom. The van der Waals surface area contributed by atoms with E-state index >= 15 is 0 Å². The lowest BCUT2D eigenvalue weighted by Crippen LogP contribution is -2.30. The minimum atomic E-state index is -0.955. The Labute approximate surface area is 159 Å². The molecule has 0 heterocycles. The first kappa shape index (κ1) is 20.5. The van der Waals surface area contributed by atoms with Crippen LogP contribution in [-0.4, -0.2) is 36.2 Å². The molecule has 0 aliphatic heterocycles. The Balaban J connectivity index is 2.08. The Hall–Kier alpha value is -2.86. The third-order valence-corrected chi connectivity index (χ3v) is 4.15. The van der Waals surface area contributed by atoms with Crippen LogP contribution in [0.3, 0.4) is 0 Å². The maximum Gasteiger partial charge on any atom is 0.341 e. The van der Waals surface area contributed by atoms with E-state index in [1.165, 1.54) is 6.92 Å². The number of esters is 1. The van der Waals surface area contributed by atoms with Crippen LogP contribution in [0.5, 0.6) is 0 Å². The summed E-state index contributed by atoms with van der Waals surface area (Å²) in [6, 6.07) is 10.8. The Kier molecular flexibility index (Phi) is 6.96. The average Bonchev–Trinajstić information content (AvgIpc) is 2.62. The molecular weight excluding hydrogens is 344 g/mol. The molecule has 0 aliphatic carbocycles. The van der Waals surface area contributed by atoms with Crippen molar-refractivity contribution in [2.24, 2.45) is 0 Å². The Morgan fingerprint density at radius 2 is 1.74 bits per heavy atom. The minimum absolute atomic E-state index is 0.0581. The summed E-state index contributed by atoms with van der Waals surface area (Å²) in [6.07, 6.45) is -0.955. The number of carbonyl (C=O) groups is 2. The van der Waals surface area contributed by atoms with Crippen molar-refractivity contribution >= 4 is 23.3 Å². The number of amides is 1. The highest BCUT2D eigenvalue weighted by molar-refractivity contribution is 6.00. The van der Waals surface area contributed by atoms with E-state index in [4.69, 9.17) is 9.84 Å². The van der Waals surface area contributed by atoms with Gasteiger partial charge in [-0.2, -0.15) is 0 Å². The highest BCUT2D eigenvalue weighted by atomic mass is 16.5. The van der Waals surface area contributed by atoms with Crippen LogP contribution in [0, 0.1) is 20.8 Å². The van der Waals surface area contributed by atoms with Crippen LogP contribution in [0.2, 0.25) is 0 Å².